The number of rotatable bonds is 8. The van der Waals surface area contributed by atoms with Crippen molar-refractivity contribution in [1.29, 1.82) is 0 Å². The number of piperidine rings is 1. The number of hydrogen-bond donors (Lipinski definition) is 1. The van der Waals surface area contributed by atoms with E-state index in [0.717, 1.165) is 10.1 Å². The van der Waals surface area contributed by atoms with E-state index >= 15 is 0 Å². The van der Waals surface area contributed by atoms with E-state index in [0.29, 0.717) is 41.0 Å². The largest absolute Gasteiger partial charge is 0.300 e. The second-order valence-corrected chi connectivity index (χ2v) is 12.3. The van der Waals surface area contributed by atoms with Gasteiger partial charge in [-0.25, -0.2) is 12.7 Å². The minimum atomic E-state index is -3.52. The molecule has 2 aromatic rings. The summed E-state index contributed by atoms with van der Waals surface area (Å²) in [7, 11) is -3.52. The molecule has 2 heterocycles. The number of benzene rings is 1. The molecule has 0 aliphatic carbocycles. The normalized spacial score (nSPS) is 17.9. The zero-order valence-electron chi connectivity index (χ0n) is 16.9. The molecule has 1 unspecified atom stereocenters. The highest BCUT2D eigenvalue weighted by Crippen LogP contribution is 2.28. The van der Waals surface area contributed by atoms with Crippen molar-refractivity contribution in [2.24, 2.45) is 11.8 Å². The molecule has 1 fully saturated rings. The molecule has 164 valence electrons. The van der Waals surface area contributed by atoms with Crippen molar-refractivity contribution >= 4 is 55.8 Å². The maximum atomic E-state index is 12.8. The summed E-state index contributed by atoms with van der Waals surface area (Å²) in [5.41, 5.74) is 0.672. The van der Waals surface area contributed by atoms with Gasteiger partial charge in [-0.05, 0) is 36.5 Å². The Labute approximate surface area is 190 Å². The molecule has 0 radical (unpaired) electrons. The third-order valence-electron chi connectivity index (χ3n) is 4.59. The van der Waals surface area contributed by atoms with Crippen molar-refractivity contribution in [3.8, 4) is 0 Å². The Morgan fingerprint density at radius 3 is 2.77 bits per heavy atom. The predicted molar refractivity (Wildman–Crippen MR) is 122 cm³/mol. The van der Waals surface area contributed by atoms with Gasteiger partial charge in [0.15, 0.2) is 4.34 Å². The van der Waals surface area contributed by atoms with Crippen LogP contribution in [-0.4, -0.2) is 47.7 Å². The highest BCUT2D eigenvalue weighted by atomic mass is 35.5. The molecule has 7 nitrogen and oxygen atoms in total. The first-order chi connectivity index (χ1) is 14.2. The fraction of sp³-hybridized carbons (Fsp3) is 0.526. The first-order valence-corrected chi connectivity index (χ1v) is 13.5. The Morgan fingerprint density at radius 2 is 2.07 bits per heavy atom. The number of nitrogens with zero attached hydrogens (tertiary/aromatic N) is 3. The quantitative estimate of drug-likeness (QED) is 0.444. The van der Waals surface area contributed by atoms with Crippen LogP contribution in [0.4, 0.5) is 5.13 Å². The van der Waals surface area contributed by atoms with Crippen molar-refractivity contribution in [2.75, 3.05) is 24.2 Å². The molecule has 11 heteroatoms. The smallest absolute Gasteiger partial charge is 0.230 e. The third kappa shape index (κ3) is 6.65. The van der Waals surface area contributed by atoms with Crippen molar-refractivity contribution in [3.05, 3.63) is 34.9 Å². The maximum Gasteiger partial charge on any atom is 0.230 e. The van der Waals surface area contributed by atoms with E-state index in [4.69, 9.17) is 11.6 Å². The molecule has 1 aromatic carbocycles. The van der Waals surface area contributed by atoms with Crippen LogP contribution in [0.1, 0.15) is 32.3 Å². The second kappa shape index (κ2) is 10.4. The molecular formula is C19H25ClN4O3S3. The van der Waals surface area contributed by atoms with Gasteiger partial charge in [0.05, 0.1) is 11.7 Å². The lowest BCUT2D eigenvalue weighted by Gasteiger charge is -2.31. The molecule has 1 amide bonds. The van der Waals surface area contributed by atoms with Gasteiger partial charge in [0.1, 0.15) is 0 Å². The van der Waals surface area contributed by atoms with E-state index in [9.17, 15) is 13.2 Å². The molecule has 0 bridgehead atoms. The number of carbonyl (C=O) groups excluding carboxylic acids is 1. The number of amides is 1. The number of nitrogens with one attached hydrogen (secondary N) is 1. The van der Waals surface area contributed by atoms with E-state index in [1.807, 2.05) is 0 Å². The second-order valence-electron chi connectivity index (χ2n) is 7.65. The van der Waals surface area contributed by atoms with Crippen LogP contribution in [0.5, 0.6) is 0 Å². The van der Waals surface area contributed by atoms with Gasteiger partial charge < -0.3 is 5.32 Å². The van der Waals surface area contributed by atoms with Crippen LogP contribution < -0.4 is 5.32 Å². The van der Waals surface area contributed by atoms with Crippen LogP contribution in [0.25, 0.3) is 0 Å². The van der Waals surface area contributed by atoms with Crippen LogP contribution in [0.3, 0.4) is 0 Å². The molecule has 1 aliphatic heterocycles. The van der Waals surface area contributed by atoms with E-state index < -0.39 is 15.9 Å². The summed E-state index contributed by atoms with van der Waals surface area (Å²) in [4.78, 5) is 12.7. The lowest BCUT2D eigenvalue weighted by Crippen LogP contribution is -2.44. The van der Waals surface area contributed by atoms with Gasteiger partial charge in [-0.1, -0.05) is 60.7 Å². The molecule has 1 N–H and O–H groups in total. The predicted octanol–water partition coefficient (Wildman–Crippen LogP) is 4.12. The number of carbonyl (C=O) groups is 1. The van der Waals surface area contributed by atoms with Crippen LogP contribution >= 0.6 is 34.7 Å². The minimum absolute atomic E-state index is 0.106. The molecule has 1 aromatic heterocycles. The van der Waals surface area contributed by atoms with E-state index in [-0.39, 0.29) is 18.2 Å². The van der Waals surface area contributed by atoms with Crippen LogP contribution in [0.15, 0.2) is 28.6 Å². The summed E-state index contributed by atoms with van der Waals surface area (Å²) in [6, 6.07) is 6.76. The van der Waals surface area contributed by atoms with Gasteiger partial charge in [-0.15, -0.1) is 10.2 Å². The Hall–Kier alpha value is -1.20. The van der Waals surface area contributed by atoms with Crippen molar-refractivity contribution in [2.45, 2.75) is 36.8 Å². The Kier molecular flexibility index (Phi) is 8.14. The Bertz CT molecular complexity index is 964. The number of hydrogen-bond acceptors (Lipinski definition) is 7. The first-order valence-electron chi connectivity index (χ1n) is 9.72. The number of anilines is 1. The highest BCUT2D eigenvalue weighted by molar-refractivity contribution is 8.01. The molecule has 3 rings (SSSR count). The number of halogens is 1. The summed E-state index contributed by atoms with van der Waals surface area (Å²) < 4.78 is 27.9. The van der Waals surface area contributed by atoms with Crippen molar-refractivity contribution < 1.29 is 13.2 Å². The molecule has 30 heavy (non-hydrogen) atoms. The van der Waals surface area contributed by atoms with Gasteiger partial charge in [0.25, 0.3) is 0 Å². The lowest BCUT2D eigenvalue weighted by molar-refractivity contribution is -0.120. The highest BCUT2D eigenvalue weighted by Gasteiger charge is 2.32. The summed E-state index contributed by atoms with van der Waals surface area (Å²) in [6.45, 7) is 4.86. The van der Waals surface area contributed by atoms with Crippen LogP contribution in [0, 0.1) is 11.8 Å². The molecule has 1 saturated heterocycles. The molecule has 1 atom stereocenters. The molecule has 1 aliphatic rings. The third-order valence-corrected chi connectivity index (χ3v) is 9.05. The molecular weight excluding hydrogens is 464 g/mol. The summed E-state index contributed by atoms with van der Waals surface area (Å²) >= 11 is 8.83. The number of aromatic nitrogens is 2. The maximum absolute atomic E-state index is 12.8. The fourth-order valence-corrected chi connectivity index (χ4v) is 6.52. The van der Waals surface area contributed by atoms with Crippen LogP contribution in [-0.2, 0) is 20.6 Å². The van der Waals surface area contributed by atoms with Gasteiger partial charge in [-0.3, -0.25) is 4.79 Å². The summed E-state index contributed by atoms with van der Waals surface area (Å²) in [6.07, 6.45) is 1.29. The number of sulfonamides is 1. The van der Waals surface area contributed by atoms with E-state index in [2.05, 4.69) is 29.4 Å². The minimum Gasteiger partial charge on any atom is -0.300 e. The van der Waals surface area contributed by atoms with E-state index in [1.165, 1.54) is 15.6 Å². The Balaban J connectivity index is 1.58. The van der Waals surface area contributed by atoms with Crippen molar-refractivity contribution in [1.82, 2.24) is 14.5 Å². The number of thioether (sulfide) groups is 1. The average molecular weight is 489 g/mol. The molecule has 0 spiro atoms. The van der Waals surface area contributed by atoms with Gasteiger partial charge >= 0.3 is 0 Å². The monoisotopic (exact) mass is 488 g/mol. The van der Waals surface area contributed by atoms with Crippen LogP contribution in [0.2, 0.25) is 5.02 Å². The van der Waals surface area contributed by atoms with E-state index in [1.54, 1.807) is 36.0 Å². The average Bonchev–Trinajstić information content (AvgIpc) is 3.15. The van der Waals surface area contributed by atoms with Gasteiger partial charge in [0, 0.05) is 23.9 Å². The zero-order chi connectivity index (χ0) is 21.7. The first kappa shape index (κ1) is 23.5. The SMILES string of the molecule is CC(C)CSc1nnc(NC(=O)C2CCCN(S(=O)(=O)Cc3ccc(Cl)cc3)C2)s1. The Morgan fingerprint density at radius 1 is 1.33 bits per heavy atom. The molecule has 0 saturated carbocycles. The van der Waals surface area contributed by atoms with Gasteiger partial charge in [0.2, 0.25) is 21.1 Å². The lowest BCUT2D eigenvalue weighted by atomic mass is 9.99. The van der Waals surface area contributed by atoms with Crippen molar-refractivity contribution in [3.63, 3.8) is 0 Å². The summed E-state index contributed by atoms with van der Waals surface area (Å²) in [5, 5.41) is 11.9. The zero-order valence-corrected chi connectivity index (χ0v) is 20.1. The summed E-state index contributed by atoms with van der Waals surface area (Å²) in [5.74, 6) is 0.754. The van der Waals surface area contributed by atoms with Gasteiger partial charge in [-0.2, -0.15) is 0 Å². The fourth-order valence-electron chi connectivity index (χ4n) is 3.06. The topological polar surface area (TPSA) is 92.3 Å². The standard InChI is InChI=1S/C19H25ClN4O3S3/c1-13(2)11-28-19-23-22-18(29-19)21-17(25)15-4-3-9-24(10-15)30(26,27)12-14-5-7-16(20)8-6-14/h5-8,13,15H,3-4,9-12H2,1-2H3,(H,21,22,25).